The van der Waals surface area contributed by atoms with E-state index in [1.165, 1.54) is 54.6 Å². The average Bonchev–Trinajstić information content (AvgIpc) is 1.73. The van der Waals surface area contributed by atoms with E-state index in [1.54, 1.807) is 32.1 Å². The first-order chi connectivity index (χ1) is 46.3. The molecule has 0 unspecified atom stereocenters. The maximum absolute atomic E-state index is 12.8. The van der Waals surface area contributed by atoms with Crippen molar-refractivity contribution in [1.82, 2.24) is 0 Å². The lowest BCUT2D eigenvalue weighted by molar-refractivity contribution is -0.151. The molecule has 0 spiro atoms. The Morgan fingerprint density at radius 1 is 0.554 bits per heavy atom. The fraction of sp³-hybridized carbons (Fsp3) is 0.560. The molecule has 101 heavy (non-hydrogen) atoms. The smallest absolute Gasteiger partial charge is 0.416 e. The third-order valence-corrected chi connectivity index (χ3v) is 16.8. The maximum Gasteiger partial charge on any atom is 0.416 e. The number of unbranched alkanes of at least 4 members (excludes halogenated alkanes) is 2. The number of rotatable bonds is 28. The number of carboxylic acids is 1. The molecule has 26 heteroatoms. The highest BCUT2D eigenvalue weighted by Gasteiger charge is 2.44. The van der Waals surface area contributed by atoms with Crippen molar-refractivity contribution in [3.8, 4) is 17.2 Å². The highest BCUT2D eigenvalue weighted by Crippen LogP contribution is 2.41. The molecule has 0 radical (unpaired) electrons. The number of hydrogen-bond donors (Lipinski definition) is 9. The lowest BCUT2D eigenvalue weighted by Gasteiger charge is -2.23. The zero-order chi connectivity index (χ0) is 72.2. The number of benzene rings is 3. The molecule has 7 rings (SSSR count). The minimum absolute atomic E-state index is 0. The van der Waals surface area contributed by atoms with Gasteiger partial charge in [0.1, 0.15) is 61.5 Å². The lowest BCUT2D eigenvalue weighted by Crippen LogP contribution is -2.25. The van der Waals surface area contributed by atoms with Gasteiger partial charge in [0.15, 0.2) is 0 Å². The van der Waals surface area contributed by atoms with Crippen molar-refractivity contribution in [2.75, 3.05) is 19.8 Å². The van der Waals surface area contributed by atoms with Gasteiger partial charge in [-0.2, -0.15) is 39.5 Å². The van der Waals surface area contributed by atoms with Gasteiger partial charge < -0.3 is 69.6 Å². The molecule has 3 fully saturated rings. The Labute approximate surface area is 586 Å². The second kappa shape index (κ2) is 44.5. The molecule has 9 N–H and O–H groups in total. The van der Waals surface area contributed by atoms with E-state index in [4.69, 9.17) is 28.8 Å². The Hall–Kier alpha value is -7.04. The van der Waals surface area contributed by atoms with Crippen LogP contribution in [0, 0.1) is 35.5 Å². The summed E-state index contributed by atoms with van der Waals surface area (Å²) >= 11 is 0. The monoisotopic (exact) mass is 1450 g/mol. The number of carboxylic acid groups (broad SMARTS) is 1. The SMILES string of the molecule is C.C.C.CC(C)OC(=O)CCC/C=C\C[C@@H]1[C@@H](/C=C/[C@@H](O)COc2cccc(C(F)(F)F)c2)[C@H](O)C[C@@H]1O.O=C(O)CCC/C=C\C[C@@H]1[C@@H](/C=C/[C@@H](O)COc2cccc(C(F)(F)F)c2)[C@H](O)C[C@@H]1O.O=C1CCC/C=C\C[C@@H]2[C@@H](/C=C/[C@@H](O)COc3cccc(C(F)(F)F)c3)[C@H](O)C[C@@H]2O1. The summed E-state index contributed by atoms with van der Waals surface area (Å²) < 4.78 is 141. The van der Waals surface area contributed by atoms with Crippen molar-refractivity contribution >= 4 is 17.9 Å². The Kier molecular flexibility index (Phi) is 39.6. The van der Waals surface area contributed by atoms with Crippen LogP contribution < -0.4 is 14.2 Å². The predicted octanol–water partition coefficient (Wildman–Crippen LogP) is 13.9. The number of carbonyl (C=O) groups excluding carboxylic acids is 2. The van der Waals surface area contributed by atoms with Gasteiger partial charge in [0.05, 0.1) is 53.3 Å². The number of ether oxygens (including phenoxy) is 5. The van der Waals surface area contributed by atoms with Crippen LogP contribution >= 0.6 is 0 Å². The molecule has 1 aliphatic heterocycles. The molecule has 0 bridgehead atoms. The summed E-state index contributed by atoms with van der Waals surface area (Å²) in [5, 5.41) is 90.7. The molecule has 1 heterocycles. The van der Waals surface area contributed by atoms with Crippen LogP contribution in [0.4, 0.5) is 39.5 Å². The first-order valence-electron chi connectivity index (χ1n) is 32.7. The van der Waals surface area contributed by atoms with Crippen LogP contribution in [0.5, 0.6) is 17.2 Å². The van der Waals surface area contributed by atoms with Crippen LogP contribution in [0.15, 0.2) is 146 Å². The number of esters is 2. The zero-order valence-electron chi connectivity index (χ0n) is 54.5. The molecule has 15 atom stereocenters. The molecule has 4 aliphatic rings. The number of aliphatic hydroxyl groups is 8. The summed E-state index contributed by atoms with van der Waals surface area (Å²) in [4.78, 5) is 34.0. The van der Waals surface area contributed by atoms with Crippen molar-refractivity contribution in [2.45, 2.75) is 212 Å². The summed E-state index contributed by atoms with van der Waals surface area (Å²) in [6.07, 6.45) is 6.96. The molecular formula is C75H103F9O17. The summed E-state index contributed by atoms with van der Waals surface area (Å²) in [6, 6.07) is 13.2. The largest absolute Gasteiger partial charge is 0.491 e. The number of carbonyl (C=O) groups is 3. The van der Waals surface area contributed by atoms with E-state index < -0.39 is 102 Å². The van der Waals surface area contributed by atoms with Crippen molar-refractivity contribution in [3.63, 3.8) is 0 Å². The average molecular weight is 1450 g/mol. The van der Waals surface area contributed by atoms with E-state index in [-0.39, 0.29) is 126 Å². The molecule has 3 aromatic rings. The quantitative estimate of drug-likeness (QED) is 0.0141. The van der Waals surface area contributed by atoms with Crippen molar-refractivity contribution in [1.29, 1.82) is 0 Å². The van der Waals surface area contributed by atoms with Gasteiger partial charge in [0.2, 0.25) is 0 Å². The Morgan fingerprint density at radius 2 is 0.950 bits per heavy atom. The van der Waals surface area contributed by atoms with Crippen LogP contribution in [0.2, 0.25) is 0 Å². The van der Waals surface area contributed by atoms with Gasteiger partial charge in [-0.15, -0.1) is 0 Å². The molecule has 0 aromatic heterocycles. The van der Waals surface area contributed by atoms with Crippen molar-refractivity contribution in [3.05, 3.63) is 162 Å². The number of aliphatic carboxylic acids is 1. The first-order valence-corrected chi connectivity index (χ1v) is 32.7. The van der Waals surface area contributed by atoms with Gasteiger partial charge in [0, 0.05) is 62.2 Å². The minimum Gasteiger partial charge on any atom is -0.491 e. The van der Waals surface area contributed by atoms with E-state index in [1.807, 2.05) is 36.5 Å². The van der Waals surface area contributed by atoms with Crippen LogP contribution in [-0.2, 0) is 42.4 Å². The molecule has 3 saturated carbocycles. The van der Waals surface area contributed by atoms with Gasteiger partial charge in [-0.25, -0.2) is 0 Å². The van der Waals surface area contributed by atoms with Crippen molar-refractivity contribution < 1.29 is 124 Å². The molecule has 0 amide bonds. The fourth-order valence-corrected chi connectivity index (χ4v) is 11.8. The van der Waals surface area contributed by atoms with Crippen LogP contribution in [0.3, 0.4) is 0 Å². The number of aliphatic hydroxyl groups excluding tert-OH is 8. The summed E-state index contributed by atoms with van der Waals surface area (Å²) in [5.74, 6) is -3.12. The normalized spacial score (nSPS) is 25.2. The second-order valence-electron chi connectivity index (χ2n) is 24.9. The summed E-state index contributed by atoms with van der Waals surface area (Å²) in [7, 11) is 0. The highest BCUT2D eigenvalue weighted by atomic mass is 19.4. The van der Waals surface area contributed by atoms with Gasteiger partial charge in [-0.3, -0.25) is 14.4 Å². The van der Waals surface area contributed by atoms with Gasteiger partial charge in [0.25, 0.3) is 0 Å². The van der Waals surface area contributed by atoms with Crippen molar-refractivity contribution in [2.24, 2.45) is 35.5 Å². The van der Waals surface area contributed by atoms with E-state index in [0.717, 1.165) is 49.2 Å². The molecule has 3 aliphatic carbocycles. The van der Waals surface area contributed by atoms with Gasteiger partial charge >= 0.3 is 36.4 Å². The molecule has 3 aromatic carbocycles. The fourth-order valence-electron chi connectivity index (χ4n) is 11.8. The lowest BCUT2D eigenvalue weighted by atomic mass is 9.89. The van der Waals surface area contributed by atoms with Crippen LogP contribution in [-0.4, -0.2) is 145 Å². The molecule has 0 saturated heterocycles. The number of allylic oxidation sites excluding steroid dienone is 6. The Balaban J connectivity index is 0.000000508. The topological polar surface area (TPSA) is 279 Å². The molecule has 568 valence electrons. The summed E-state index contributed by atoms with van der Waals surface area (Å²) in [5.41, 5.74) is -2.51. The second-order valence-corrected chi connectivity index (χ2v) is 24.9. The summed E-state index contributed by atoms with van der Waals surface area (Å²) in [6.45, 7) is 2.84. The number of halogens is 9. The van der Waals surface area contributed by atoms with E-state index in [2.05, 4.69) is 0 Å². The molecule has 17 nitrogen and oxygen atoms in total. The first kappa shape index (κ1) is 90.0. The minimum atomic E-state index is -4.49. The third kappa shape index (κ3) is 32.4. The highest BCUT2D eigenvalue weighted by molar-refractivity contribution is 5.70. The zero-order valence-corrected chi connectivity index (χ0v) is 54.5. The van der Waals surface area contributed by atoms with Gasteiger partial charge in [-0.05, 0) is 138 Å². The maximum atomic E-state index is 12.8. The Bertz CT molecular complexity index is 3090. The number of fused-ring (bicyclic) bond motifs is 1. The van der Waals surface area contributed by atoms with E-state index in [0.29, 0.717) is 64.2 Å². The number of hydrogen-bond acceptors (Lipinski definition) is 16. The van der Waals surface area contributed by atoms with E-state index >= 15 is 0 Å². The van der Waals surface area contributed by atoms with Crippen LogP contribution in [0.25, 0.3) is 0 Å². The third-order valence-electron chi connectivity index (χ3n) is 16.8. The van der Waals surface area contributed by atoms with E-state index in [9.17, 15) is 94.7 Å². The number of alkyl halides is 9. The van der Waals surface area contributed by atoms with Crippen LogP contribution in [0.1, 0.15) is 149 Å². The standard InChI is InChI=1S/C26H35F3O6.C23H29F3O6.C23H27F3O5.3CH4/c1-17(2)35-25(33)11-6-4-3-5-10-21-22(24(32)15-23(21)31)13-12-19(30)16-34-20-9-7-8-18(14-20)26(27,28)29;24-23(25,26)15-6-5-7-17(12-15)32-14-16(27)10-11-19-18(20(28)13-21(19)29)8-3-1-2-4-9-22(30)31;24-23(25,26)15-6-5-7-17(12-15)30-14-16(27)10-11-18-19-8-3-1-2-4-9-22(29)31-21(19)13-20(18)28;;;/h3,5,7-9,12-14,17,19,21-24,30-32H,4,6,10-11,15-16H2,1-2H3;1,3,5-7,10-12,16,18-21,27-29H,2,4,8-9,13-14H2,(H,30,31);1,3,5-7,10-12,16,18-21,27-28H,2,4,8-9,13-14H2;3*1H4/b5-3-,13-12+;2*3-1-,11-10+;;;/t19-,21-,22-,23+,24-;16-,18-,19-,20+,21-;16-,18-,19-,20-,21+;;;/m111.../s1. The predicted molar refractivity (Wildman–Crippen MR) is 363 cm³/mol. The van der Waals surface area contributed by atoms with Gasteiger partial charge in [-0.1, -0.05) is 113 Å². The molecular weight excluding hydrogens is 1340 g/mol. The Morgan fingerprint density at radius 3 is 1.35 bits per heavy atom.